The molecule has 0 fully saturated rings. The van der Waals surface area contributed by atoms with Crippen LogP contribution in [0.5, 0.6) is 0 Å². The van der Waals surface area contributed by atoms with Crippen LogP contribution in [0, 0.1) is 5.82 Å². The lowest BCUT2D eigenvalue weighted by Gasteiger charge is -2.24. The molecule has 0 aromatic heterocycles. The van der Waals surface area contributed by atoms with Gasteiger partial charge in [0.25, 0.3) is 11.7 Å². The second-order valence-corrected chi connectivity index (χ2v) is 4.57. The molecular weight excluding hydrogens is 247 g/mol. The number of Topliss-reactive ketones (excluding diaryl/α,β-unsaturated/α-hetero) is 1. The van der Waals surface area contributed by atoms with Crippen molar-refractivity contribution >= 4 is 23.1 Å². The predicted molar refractivity (Wildman–Crippen MR) is 72.2 cm³/mol. The molecule has 0 spiro atoms. The van der Waals surface area contributed by atoms with E-state index >= 15 is 0 Å². The SMILES string of the molecule is CCCCN(CC)c1cc2c(cc1F)C(=O)C(=O)N2. The van der Waals surface area contributed by atoms with E-state index in [9.17, 15) is 14.0 Å². The van der Waals surface area contributed by atoms with Crippen molar-refractivity contribution in [3.8, 4) is 0 Å². The molecule has 0 bridgehead atoms. The third kappa shape index (κ3) is 2.45. The van der Waals surface area contributed by atoms with Gasteiger partial charge in [0.1, 0.15) is 5.82 Å². The van der Waals surface area contributed by atoms with E-state index in [1.807, 2.05) is 11.8 Å². The second kappa shape index (κ2) is 5.38. The first kappa shape index (κ1) is 13.5. The van der Waals surface area contributed by atoms with Crippen molar-refractivity contribution in [3.05, 3.63) is 23.5 Å². The van der Waals surface area contributed by atoms with Crippen LogP contribution in [0.1, 0.15) is 37.0 Å². The predicted octanol–water partition coefficient (Wildman–Crippen LogP) is 2.59. The summed E-state index contributed by atoms with van der Waals surface area (Å²) < 4.78 is 14.1. The molecular formula is C14H17FN2O2. The summed E-state index contributed by atoms with van der Waals surface area (Å²) in [6.07, 6.45) is 1.99. The fraction of sp³-hybridized carbons (Fsp3) is 0.429. The Morgan fingerprint density at radius 3 is 2.63 bits per heavy atom. The molecule has 1 aliphatic heterocycles. The number of nitrogens with one attached hydrogen (secondary N) is 1. The van der Waals surface area contributed by atoms with Gasteiger partial charge in [0.15, 0.2) is 0 Å². The van der Waals surface area contributed by atoms with E-state index in [4.69, 9.17) is 0 Å². The van der Waals surface area contributed by atoms with Crippen LogP contribution in [0.3, 0.4) is 0 Å². The molecule has 2 rings (SSSR count). The number of carbonyl (C=O) groups is 2. The number of nitrogens with zero attached hydrogens (tertiary/aromatic N) is 1. The van der Waals surface area contributed by atoms with Crippen LogP contribution in [0.4, 0.5) is 15.8 Å². The van der Waals surface area contributed by atoms with Crippen molar-refractivity contribution in [1.29, 1.82) is 0 Å². The average Bonchev–Trinajstić information content (AvgIpc) is 2.66. The van der Waals surface area contributed by atoms with E-state index in [2.05, 4.69) is 12.2 Å². The zero-order chi connectivity index (χ0) is 14.0. The van der Waals surface area contributed by atoms with Crippen LogP contribution >= 0.6 is 0 Å². The van der Waals surface area contributed by atoms with Crippen LogP contribution in [0.15, 0.2) is 12.1 Å². The van der Waals surface area contributed by atoms with E-state index in [1.54, 1.807) is 6.07 Å². The molecule has 1 aromatic carbocycles. The molecule has 1 heterocycles. The lowest BCUT2D eigenvalue weighted by molar-refractivity contribution is -0.112. The van der Waals surface area contributed by atoms with Crippen LogP contribution in [0.25, 0.3) is 0 Å². The van der Waals surface area contributed by atoms with Crippen molar-refractivity contribution in [2.24, 2.45) is 0 Å². The Morgan fingerprint density at radius 2 is 2.00 bits per heavy atom. The summed E-state index contributed by atoms with van der Waals surface area (Å²) in [5, 5.41) is 2.47. The second-order valence-electron chi connectivity index (χ2n) is 4.57. The third-order valence-electron chi connectivity index (χ3n) is 3.29. The molecule has 0 saturated heterocycles. The highest BCUT2D eigenvalue weighted by molar-refractivity contribution is 6.51. The molecule has 4 nitrogen and oxygen atoms in total. The Kier molecular flexibility index (Phi) is 3.83. The largest absolute Gasteiger partial charge is 0.369 e. The molecule has 1 aliphatic rings. The van der Waals surface area contributed by atoms with Crippen LogP contribution in [-0.4, -0.2) is 24.8 Å². The van der Waals surface area contributed by atoms with Gasteiger partial charge in [0.05, 0.1) is 16.9 Å². The number of anilines is 2. The number of halogens is 1. The minimum absolute atomic E-state index is 0.123. The van der Waals surface area contributed by atoms with E-state index in [0.29, 0.717) is 17.9 Å². The van der Waals surface area contributed by atoms with Gasteiger partial charge in [-0.1, -0.05) is 13.3 Å². The molecule has 0 aliphatic carbocycles. The lowest BCUT2D eigenvalue weighted by Crippen LogP contribution is -2.25. The Balaban J connectivity index is 2.35. The molecule has 102 valence electrons. The normalized spacial score (nSPS) is 13.4. The first-order valence-corrected chi connectivity index (χ1v) is 6.52. The van der Waals surface area contributed by atoms with E-state index < -0.39 is 17.5 Å². The minimum atomic E-state index is -0.692. The van der Waals surface area contributed by atoms with Gasteiger partial charge in [-0.2, -0.15) is 0 Å². The van der Waals surface area contributed by atoms with Crippen molar-refractivity contribution in [1.82, 2.24) is 0 Å². The maximum atomic E-state index is 14.1. The van der Waals surface area contributed by atoms with Gasteiger partial charge < -0.3 is 10.2 Å². The number of unbranched alkanes of at least 4 members (excludes halogenated alkanes) is 1. The standard InChI is InChI=1S/C14H17FN2O2/c1-3-5-6-17(4-2)12-8-11-9(7-10(12)15)13(18)14(19)16-11/h7-8H,3-6H2,1-2H3,(H,16,18,19). The number of ketones is 1. The first-order valence-electron chi connectivity index (χ1n) is 6.52. The molecule has 5 heteroatoms. The van der Waals surface area contributed by atoms with Crippen LogP contribution in [-0.2, 0) is 4.79 Å². The quantitative estimate of drug-likeness (QED) is 0.832. The summed E-state index contributed by atoms with van der Waals surface area (Å²) >= 11 is 0. The molecule has 19 heavy (non-hydrogen) atoms. The molecule has 1 amide bonds. The van der Waals surface area contributed by atoms with Gasteiger partial charge in [-0.3, -0.25) is 9.59 Å². The maximum Gasteiger partial charge on any atom is 0.296 e. The van der Waals surface area contributed by atoms with Crippen molar-refractivity contribution in [2.45, 2.75) is 26.7 Å². The summed E-state index contributed by atoms with van der Waals surface area (Å²) in [4.78, 5) is 24.7. The summed E-state index contributed by atoms with van der Waals surface area (Å²) in [6.45, 7) is 5.46. The number of hydrogen-bond donors (Lipinski definition) is 1. The fourth-order valence-corrected chi connectivity index (χ4v) is 2.19. The zero-order valence-electron chi connectivity index (χ0n) is 11.1. The number of benzene rings is 1. The lowest BCUT2D eigenvalue weighted by atomic mass is 10.1. The van der Waals surface area contributed by atoms with Crippen molar-refractivity contribution in [3.63, 3.8) is 0 Å². The molecule has 0 atom stereocenters. The number of carbonyl (C=O) groups excluding carboxylic acids is 2. The van der Waals surface area contributed by atoms with Gasteiger partial charge >= 0.3 is 0 Å². The van der Waals surface area contributed by atoms with Crippen LogP contribution < -0.4 is 10.2 Å². The molecule has 1 aromatic rings. The molecule has 0 saturated carbocycles. The van der Waals surface area contributed by atoms with Gasteiger partial charge in [-0.05, 0) is 25.5 Å². The Labute approximate surface area is 111 Å². The van der Waals surface area contributed by atoms with Gasteiger partial charge in [-0.15, -0.1) is 0 Å². The smallest absolute Gasteiger partial charge is 0.296 e. The molecule has 1 N–H and O–H groups in total. The Morgan fingerprint density at radius 1 is 1.26 bits per heavy atom. The van der Waals surface area contributed by atoms with E-state index in [0.717, 1.165) is 25.5 Å². The number of fused-ring (bicyclic) bond motifs is 1. The minimum Gasteiger partial charge on any atom is -0.369 e. The van der Waals surface area contributed by atoms with E-state index in [1.165, 1.54) is 0 Å². The topological polar surface area (TPSA) is 49.4 Å². The third-order valence-corrected chi connectivity index (χ3v) is 3.29. The number of rotatable bonds is 5. The zero-order valence-corrected chi connectivity index (χ0v) is 11.1. The summed E-state index contributed by atoms with van der Waals surface area (Å²) in [5.74, 6) is -1.82. The Hall–Kier alpha value is -1.91. The molecule has 0 radical (unpaired) electrons. The highest BCUT2D eigenvalue weighted by Gasteiger charge is 2.30. The fourth-order valence-electron chi connectivity index (χ4n) is 2.19. The van der Waals surface area contributed by atoms with Gasteiger partial charge in [0.2, 0.25) is 0 Å². The van der Waals surface area contributed by atoms with Gasteiger partial charge in [-0.25, -0.2) is 4.39 Å². The van der Waals surface area contributed by atoms with Gasteiger partial charge in [0, 0.05) is 13.1 Å². The van der Waals surface area contributed by atoms with Crippen LogP contribution in [0.2, 0.25) is 0 Å². The Bertz CT molecular complexity index is 528. The average molecular weight is 264 g/mol. The number of amides is 1. The first-order chi connectivity index (χ1) is 9.08. The summed E-state index contributed by atoms with van der Waals surface area (Å²) in [5.41, 5.74) is 0.962. The summed E-state index contributed by atoms with van der Waals surface area (Å²) in [7, 11) is 0. The highest BCUT2D eigenvalue weighted by Crippen LogP contribution is 2.31. The monoisotopic (exact) mass is 264 g/mol. The summed E-state index contributed by atoms with van der Waals surface area (Å²) in [6, 6.07) is 2.70. The number of hydrogen-bond acceptors (Lipinski definition) is 3. The maximum absolute atomic E-state index is 14.1. The molecule has 0 unspecified atom stereocenters. The van der Waals surface area contributed by atoms with E-state index in [-0.39, 0.29) is 5.56 Å². The highest BCUT2D eigenvalue weighted by atomic mass is 19.1. The van der Waals surface area contributed by atoms with Crippen molar-refractivity contribution in [2.75, 3.05) is 23.3 Å². The van der Waals surface area contributed by atoms with Crippen molar-refractivity contribution < 1.29 is 14.0 Å².